The Labute approximate surface area is 170 Å². The van der Waals surface area contributed by atoms with Crippen LogP contribution in [-0.4, -0.2) is 24.7 Å². The van der Waals surface area contributed by atoms with Gasteiger partial charge in [-0.15, -0.1) is 0 Å². The van der Waals surface area contributed by atoms with E-state index in [0.29, 0.717) is 23.6 Å². The van der Waals surface area contributed by atoms with Gasteiger partial charge in [0, 0.05) is 23.1 Å². The molecule has 0 radical (unpaired) electrons. The number of amides is 1. The van der Waals surface area contributed by atoms with Gasteiger partial charge in [0.15, 0.2) is 6.10 Å². The van der Waals surface area contributed by atoms with Gasteiger partial charge in [-0.05, 0) is 56.7 Å². The van der Waals surface area contributed by atoms with E-state index >= 15 is 0 Å². The van der Waals surface area contributed by atoms with E-state index in [1.54, 1.807) is 31.4 Å². The van der Waals surface area contributed by atoms with Gasteiger partial charge >= 0.3 is 0 Å². The van der Waals surface area contributed by atoms with Gasteiger partial charge < -0.3 is 19.5 Å². The summed E-state index contributed by atoms with van der Waals surface area (Å²) in [7, 11) is 1.62. The molecule has 0 spiro atoms. The molecule has 28 heavy (non-hydrogen) atoms. The zero-order valence-corrected chi connectivity index (χ0v) is 17.4. The number of halogens is 1. The molecular weight excluding hydrogens is 378 g/mol. The number of hydrogen-bond donors (Lipinski definition) is 1. The fraction of sp³-hybridized carbons (Fsp3) is 0.409. The minimum atomic E-state index is -0.589. The first-order valence-electron chi connectivity index (χ1n) is 9.41. The Morgan fingerprint density at radius 1 is 1.25 bits per heavy atom. The molecular formula is C22H26ClNO4. The predicted octanol–water partition coefficient (Wildman–Crippen LogP) is 4.92. The molecule has 1 amide bonds. The van der Waals surface area contributed by atoms with Gasteiger partial charge in [-0.1, -0.05) is 18.5 Å². The molecule has 1 aliphatic rings. The molecule has 2 aromatic rings. The van der Waals surface area contributed by atoms with E-state index in [9.17, 15) is 4.79 Å². The highest BCUT2D eigenvalue weighted by atomic mass is 35.5. The summed E-state index contributed by atoms with van der Waals surface area (Å²) in [5, 5.41) is 3.77. The van der Waals surface area contributed by atoms with Gasteiger partial charge in [0.05, 0.1) is 13.2 Å². The lowest BCUT2D eigenvalue weighted by Crippen LogP contribution is -2.45. The maximum absolute atomic E-state index is 12.9. The van der Waals surface area contributed by atoms with Gasteiger partial charge in [0.2, 0.25) is 0 Å². The molecule has 6 heteroatoms. The molecule has 0 fully saturated rings. The first kappa shape index (κ1) is 20.3. The zero-order chi connectivity index (χ0) is 20.3. The van der Waals surface area contributed by atoms with E-state index in [0.717, 1.165) is 17.1 Å². The Hall–Kier alpha value is -2.40. The second kappa shape index (κ2) is 8.31. The van der Waals surface area contributed by atoms with E-state index in [1.165, 1.54) is 0 Å². The Morgan fingerprint density at radius 2 is 1.93 bits per heavy atom. The first-order valence-corrected chi connectivity index (χ1v) is 9.78. The summed E-state index contributed by atoms with van der Waals surface area (Å²) in [6.45, 7) is 5.94. The summed E-state index contributed by atoms with van der Waals surface area (Å²) < 4.78 is 17.3. The first-order chi connectivity index (χ1) is 13.3. The van der Waals surface area contributed by atoms with Crippen molar-refractivity contribution in [3.05, 3.63) is 53.1 Å². The number of carbonyl (C=O) groups is 1. The van der Waals surface area contributed by atoms with Gasteiger partial charge in [0.25, 0.3) is 5.91 Å². The standard InChI is InChI=1S/C22H26ClNO4/c1-5-19(27-15-8-6-14(23)7-9-15)21(25)24-18-13-22(2,3)28-20-12-16(26-4)10-11-17(18)20/h6-12,18-19H,5,13H2,1-4H3,(H,24,25). The number of nitrogens with one attached hydrogen (secondary N) is 1. The van der Waals surface area contributed by atoms with Crippen LogP contribution >= 0.6 is 11.6 Å². The molecule has 1 heterocycles. The number of carbonyl (C=O) groups excluding carboxylic acids is 1. The third-order valence-corrected chi connectivity index (χ3v) is 5.00. The normalized spacial score (nSPS) is 18.4. The molecule has 0 saturated carbocycles. The zero-order valence-electron chi connectivity index (χ0n) is 16.6. The van der Waals surface area contributed by atoms with Crippen LogP contribution in [0.3, 0.4) is 0 Å². The quantitative estimate of drug-likeness (QED) is 0.743. The molecule has 0 aliphatic carbocycles. The number of methoxy groups -OCH3 is 1. The number of benzene rings is 2. The van der Waals surface area contributed by atoms with Gasteiger partial charge in [-0.25, -0.2) is 0 Å². The molecule has 2 unspecified atom stereocenters. The lowest BCUT2D eigenvalue weighted by atomic mass is 9.89. The van der Waals surface area contributed by atoms with Crippen molar-refractivity contribution in [3.63, 3.8) is 0 Å². The molecule has 5 nitrogen and oxygen atoms in total. The van der Waals surface area contributed by atoms with Crippen molar-refractivity contribution in [2.24, 2.45) is 0 Å². The van der Waals surface area contributed by atoms with Crippen LogP contribution in [0.15, 0.2) is 42.5 Å². The maximum Gasteiger partial charge on any atom is 0.261 e. The van der Waals surface area contributed by atoms with E-state index < -0.39 is 11.7 Å². The molecule has 0 saturated heterocycles. The van der Waals surface area contributed by atoms with Crippen LogP contribution in [0.25, 0.3) is 0 Å². The average molecular weight is 404 g/mol. The summed E-state index contributed by atoms with van der Waals surface area (Å²) in [6, 6.07) is 12.5. The summed E-state index contributed by atoms with van der Waals surface area (Å²) >= 11 is 5.91. The Balaban J connectivity index is 1.77. The highest BCUT2D eigenvalue weighted by Crippen LogP contribution is 2.41. The summed E-state index contributed by atoms with van der Waals surface area (Å²) in [5.74, 6) is 1.91. The molecule has 3 rings (SSSR count). The Kier molecular flexibility index (Phi) is 6.04. The van der Waals surface area contributed by atoms with E-state index in [-0.39, 0.29) is 11.9 Å². The molecule has 150 valence electrons. The van der Waals surface area contributed by atoms with Crippen molar-refractivity contribution in [2.75, 3.05) is 7.11 Å². The summed E-state index contributed by atoms with van der Waals surface area (Å²) in [4.78, 5) is 12.9. The van der Waals surface area contributed by atoms with Crippen LogP contribution < -0.4 is 19.5 Å². The van der Waals surface area contributed by atoms with Crippen molar-refractivity contribution in [3.8, 4) is 17.2 Å². The van der Waals surface area contributed by atoms with Crippen LogP contribution in [0.1, 0.15) is 45.2 Å². The molecule has 0 bridgehead atoms. The minimum absolute atomic E-state index is 0.151. The van der Waals surface area contributed by atoms with Crippen molar-refractivity contribution < 1.29 is 19.0 Å². The van der Waals surface area contributed by atoms with Gasteiger partial charge in [-0.2, -0.15) is 0 Å². The largest absolute Gasteiger partial charge is 0.497 e. The molecule has 1 N–H and O–H groups in total. The molecule has 2 aromatic carbocycles. The minimum Gasteiger partial charge on any atom is -0.497 e. The number of rotatable bonds is 6. The number of ether oxygens (including phenoxy) is 3. The molecule has 2 atom stereocenters. The second-order valence-corrected chi connectivity index (χ2v) is 7.94. The fourth-order valence-corrected chi connectivity index (χ4v) is 3.48. The SMILES string of the molecule is CCC(Oc1ccc(Cl)cc1)C(=O)NC1CC(C)(C)Oc2cc(OC)ccc21. The van der Waals surface area contributed by atoms with Crippen molar-refractivity contribution in [1.29, 1.82) is 0 Å². The van der Waals surface area contributed by atoms with Crippen LogP contribution in [0.2, 0.25) is 5.02 Å². The highest BCUT2D eigenvalue weighted by molar-refractivity contribution is 6.30. The van der Waals surface area contributed by atoms with Gasteiger partial charge in [-0.3, -0.25) is 4.79 Å². The monoisotopic (exact) mass is 403 g/mol. The van der Waals surface area contributed by atoms with Crippen molar-refractivity contribution in [2.45, 2.75) is 51.4 Å². The Morgan fingerprint density at radius 3 is 2.57 bits per heavy atom. The fourth-order valence-electron chi connectivity index (χ4n) is 3.35. The van der Waals surface area contributed by atoms with Crippen LogP contribution in [0, 0.1) is 0 Å². The number of hydrogen-bond acceptors (Lipinski definition) is 4. The van der Waals surface area contributed by atoms with Crippen LogP contribution in [0.5, 0.6) is 17.2 Å². The lowest BCUT2D eigenvalue weighted by Gasteiger charge is -2.38. The van der Waals surface area contributed by atoms with Crippen molar-refractivity contribution >= 4 is 17.5 Å². The topological polar surface area (TPSA) is 56.8 Å². The van der Waals surface area contributed by atoms with Crippen LogP contribution in [-0.2, 0) is 4.79 Å². The third kappa shape index (κ3) is 4.71. The summed E-state index contributed by atoms with van der Waals surface area (Å²) in [5.41, 5.74) is 0.533. The summed E-state index contributed by atoms with van der Waals surface area (Å²) in [6.07, 6.45) is 0.625. The van der Waals surface area contributed by atoms with Crippen LogP contribution in [0.4, 0.5) is 0 Å². The van der Waals surface area contributed by atoms with Crippen molar-refractivity contribution in [1.82, 2.24) is 5.32 Å². The van der Waals surface area contributed by atoms with E-state index in [2.05, 4.69) is 5.32 Å². The van der Waals surface area contributed by atoms with E-state index in [1.807, 2.05) is 39.0 Å². The smallest absolute Gasteiger partial charge is 0.261 e. The Bertz CT molecular complexity index is 835. The molecule has 0 aromatic heterocycles. The molecule has 1 aliphatic heterocycles. The third-order valence-electron chi connectivity index (χ3n) is 4.75. The lowest BCUT2D eigenvalue weighted by molar-refractivity contribution is -0.129. The van der Waals surface area contributed by atoms with Gasteiger partial charge in [0.1, 0.15) is 22.8 Å². The second-order valence-electron chi connectivity index (χ2n) is 7.50. The van der Waals surface area contributed by atoms with E-state index in [4.69, 9.17) is 25.8 Å². The highest BCUT2D eigenvalue weighted by Gasteiger charge is 2.36. The number of fused-ring (bicyclic) bond motifs is 1. The maximum atomic E-state index is 12.9. The average Bonchev–Trinajstić information content (AvgIpc) is 2.66. The predicted molar refractivity (Wildman–Crippen MR) is 109 cm³/mol.